The van der Waals surface area contributed by atoms with Crippen LogP contribution in [0, 0.1) is 5.41 Å². The number of likely N-dealkylation sites (tertiary alicyclic amines) is 1. The van der Waals surface area contributed by atoms with Gasteiger partial charge in [-0.3, -0.25) is 4.90 Å². The summed E-state index contributed by atoms with van der Waals surface area (Å²) in [6.45, 7) is 2.90. The van der Waals surface area contributed by atoms with Crippen molar-refractivity contribution >= 4 is 11.6 Å². The minimum Gasteiger partial charge on any atom is -0.433 e. The summed E-state index contributed by atoms with van der Waals surface area (Å²) in [5, 5.41) is 0.233. The van der Waals surface area contributed by atoms with Gasteiger partial charge in [-0.15, -0.1) is 0 Å². The molecule has 128 valence electrons. The van der Waals surface area contributed by atoms with Crippen molar-refractivity contribution in [2.24, 2.45) is 5.41 Å². The van der Waals surface area contributed by atoms with Crippen LogP contribution in [0.25, 0.3) is 0 Å². The molecule has 3 nitrogen and oxygen atoms in total. The van der Waals surface area contributed by atoms with E-state index < -0.39 is 6.61 Å². The molecule has 1 aromatic rings. The fourth-order valence-corrected chi connectivity index (χ4v) is 4.10. The van der Waals surface area contributed by atoms with Crippen LogP contribution in [0.3, 0.4) is 0 Å². The number of rotatable bonds is 6. The minimum atomic E-state index is -2.85. The number of halogens is 3. The minimum absolute atomic E-state index is 0.0295. The molecule has 1 saturated carbocycles. The largest absolute Gasteiger partial charge is 0.433 e. The number of hydrogen-bond donors (Lipinski definition) is 0. The van der Waals surface area contributed by atoms with Crippen LogP contribution < -0.4 is 4.74 Å². The Kier molecular flexibility index (Phi) is 5.09. The van der Waals surface area contributed by atoms with E-state index in [1.165, 1.54) is 12.5 Å². The Balaban J connectivity index is 1.54. The van der Waals surface area contributed by atoms with Gasteiger partial charge in [-0.1, -0.05) is 17.7 Å². The fourth-order valence-electron chi connectivity index (χ4n) is 3.85. The molecule has 1 aliphatic heterocycles. The summed E-state index contributed by atoms with van der Waals surface area (Å²) in [4.78, 5) is 2.40. The van der Waals surface area contributed by atoms with Crippen LogP contribution in [0.15, 0.2) is 18.2 Å². The molecule has 0 radical (unpaired) electrons. The number of alkyl halides is 2. The van der Waals surface area contributed by atoms with Gasteiger partial charge in [0.15, 0.2) is 0 Å². The van der Waals surface area contributed by atoms with Gasteiger partial charge >= 0.3 is 6.61 Å². The van der Waals surface area contributed by atoms with E-state index in [-0.39, 0.29) is 10.8 Å². The number of ether oxygens (including phenoxy) is 2. The number of benzene rings is 1. The highest BCUT2D eigenvalue weighted by molar-refractivity contribution is 6.32. The van der Waals surface area contributed by atoms with Crippen molar-refractivity contribution in [1.29, 1.82) is 0 Å². The molecule has 1 aromatic carbocycles. The lowest BCUT2D eigenvalue weighted by Crippen LogP contribution is -2.44. The van der Waals surface area contributed by atoms with E-state index in [2.05, 4.69) is 9.64 Å². The summed E-state index contributed by atoms with van der Waals surface area (Å²) in [7, 11) is 0. The van der Waals surface area contributed by atoms with Crippen LogP contribution in [0.2, 0.25) is 5.02 Å². The lowest BCUT2D eigenvalue weighted by atomic mass is 9.66. The van der Waals surface area contributed by atoms with Crippen molar-refractivity contribution in [3.05, 3.63) is 28.8 Å². The first kappa shape index (κ1) is 16.9. The van der Waals surface area contributed by atoms with E-state index in [4.69, 9.17) is 16.3 Å². The maximum Gasteiger partial charge on any atom is 0.387 e. The molecule has 1 aliphatic carbocycles. The predicted molar refractivity (Wildman–Crippen MR) is 85.1 cm³/mol. The predicted octanol–water partition coefficient (Wildman–Crippen LogP) is 4.33. The Morgan fingerprint density at radius 3 is 2.83 bits per heavy atom. The van der Waals surface area contributed by atoms with Crippen LogP contribution >= 0.6 is 11.6 Å². The molecule has 0 atom stereocenters. The highest BCUT2D eigenvalue weighted by Crippen LogP contribution is 2.49. The Morgan fingerprint density at radius 2 is 2.17 bits per heavy atom. The SMILES string of the molecule is CCOC1CC2(CCN(Cc3ccc(OC(F)F)c(Cl)c3)C2)C1. The molecule has 1 saturated heterocycles. The van der Waals surface area contributed by atoms with Crippen molar-refractivity contribution in [3.63, 3.8) is 0 Å². The normalized spacial score (nSPS) is 27.6. The third-order valence-corrected chi connectivity index (χ3v) is 5.16. The van der Waals surface area contributed by atoms with Crippen LogP contribution in [-0.4, -0.2) is 37.3 Å². The second-order valence-corrected chi connectivity index (χ2v) is 7.00. The summed E-state index contributed by atoms with van der Waals surface area (Å²) >= 11 is 6.01. The molecule has 0 amide bonds. The zero-order valence-electron chi connectivity index (χ0n) is 13.2. The smallest absolute Gasteiger partial charge is 0.387 e. The highest BCUT2D eigenvalue weighted by Gasteiger charge is 2.48. The third kappa shape index (κ3) is 3.95. The summed E-state index contributed by atoms with van der Waals surface area (Å²) in [6, 6.07) is 5.04. The molecule has 3 rings (SSSR count). The lowest BCUT2D eigenvalue weighted by Gasteiger charge is -2.44. The third-order valence-electron chi connectivity index (χ3n) is 4.86. The molecule has 1 heterocycles. The van der Waals surface area contributed by atoms with Crippen LogP contribution in [0.4, 0.5) is 8.78 Å². The molecule has 2 aliphatic rings. The maximum atomic E-state index is 12.2. The quantitative estimate of drug-likeness (QED) is 0.766. The van der Waals surface area contributed by atoms with E-state index in [1.807, 2.05) is 6.92 Å². The second-order valence-electron chi connectivity index (χ2n) is 6.59. The van der Waals surface area contributed by atoms with Crippen molar-refractivity contribution < 1.29 is 18.3 Å². The van der Waals surface area contributed by atoms with E-state index in [9.17, 15) is 8.78 Å². The zero-order valence-corrected chi connectivity index (χ0v) is 14.0. The Hall–Kier alpha value is -0.910. The summed E-state index contributed by atoms with van der Waals surface area (Å²) in [5.74, 6) is 0.0295. The van der Waals surface area contributed by atoms with Gasteiger partial charge in [0.1, 0.15) is 5.75 Å². The monoisotopic (exact) mass is 345 g/mol. The lowest BCUT2D eigenvalue weighted by molar-refractivity contribution is -0.0718. The van der Waals surface area contributed by atoms with Gasteiger partial charge in [0.05, 0.1) is 11.1 Å². The number of nitrogens with zero attached hydrogens (tertiary/aromatic N) is 1. The van der Waals surface area contributed by atoms with Crippen molar-refractivity contribution in [2.75, 3.05) is 19.7 Å². The zero-order chi connectivity index (χ0) is 16.4. The average Bonchev–Trinajstić information content (AvgIpc) is 2.85. The van der Waals surface area contributed by atoms with E-state index in [1.54, 1.807) is 12.1 Å². The molecule has 0 N–H and O–H groups in total. The summed E-state index contributed by atoms with van der Waals surface area (Å²) in [6.07, 6.45) is 3.94. The van der Waals surface area contributed by atoms with Crippen molar-refractivity contribution in [3.8, 4) is 5.75 Å². The van der Waals surface area contributed by atoms with Gasteiger partial charge in [0.2, 0.25) is 0 Å². The van der Waals surface area contributed by atoms with E-state index >= 15 is 0 Å². The molecule has 23 heavy (non-hydrogen) atoms. The molecule has 0 unspecified atom stereocenters. The molecule has 2 fully saturated rings. The Labute approximate surface area is 140 Å². The number of hydrogen-bond acceptors (Lipinski definition) is 3. The van der Waals surface area contributed by atoms with Gasteiger partial charge in [0, 0.05) is 19.7 Å². The van der Waals surface area contributed by atoms with Crippen molar-refractivity contribution in [2.45, 2.75) is 45.4 Å². The molecule has 0 bridgehead atoms. The maximum absolute atomic E-state index is 12.2. The Bertz CT molecular complexity index is 549. The van der Waals surface area contributed by atoms with E-state index in [0.717, 1.165) is 44.6 Å². The van der Waals surface area contributed by atoms with Crippen molar-refractivity contribution in [1.82, 2.24) is 4.90 Å². The average molecular weight is 346 g/mol. The van der Waals surface area contributed by atoms with Gasteiger partial charge in [-0.2, -0.15) is 8.78 Å². The second kappa shape index (κ2) is 6.91. The van der Waals surface area contributed by atoms with Gasteiger partial charge in [-0.05, 0) is 55.8 Å². The fraction of sp³-hybridized carbons (Fsp3) is 0.647. The van der Waals surface area contributed by atoms with E-state index in [0.29, 0.717) is 11.5 Å². The summed E-state index contributed by atoms with van der Waals surface area (Å²) in [5.41, 5.74) is 1.44. The standard InChI is InChI=1S/C17H22ClF2NO2/c1-2-22-13-8-17(9-13)5-6-21(11-17)10-12-3-4-15(14(18)7-12)23-16(19)20/h3-4,7,13,16H,2,5-6,8-11H2,1H3. The molecular weight excluding hydrogens is 324 g/mol. The molecular formula is C17H22ClF2NO2. The van der Waals surface area contributed by atoms with Gasteiger partial charge < -0.3 is 9.47 Å². The van der Waals surface area contributed by atoms with Crippen LogP contribution in [0.1, 0.15) is 31.7 Å². The van der Waals surface area contributed by atoms with Crippen LogP contribution in [0.5, 0.6) is 5.75 Å². The summed E-state index contributed by atoms with van der Waals surface area (Å²) < 4.78 is 34.5. The topological polar surface area (TPSA) is 21.7 Å². The highest BCUT2D eigenvalue weighted by atomic mass is 35.5. The molecule has 1 spiro atoms. The first-order chi connectivity index (χ1) is 11.0. The Morgan fingerprint density at radius 1 is 1.39 bits per heavy atom. The van der Waals surface area contributed by atoms with Gasteiger partial charge in [0.25, 0.3) is 0 Å². The molecule has 6 heteroatoms. The first-order valence-electron chi connectivity index (χ1n) is 8.07. The first-order valence-corrected chi connectivity index (χ1v) is 8.45. The van der Waals surface area contributed by atoms with Gasteiger partial charge in [-0.25, -0.2) is 0 Å². The molecule has 0 aromatic heterocycles. The van der Waals surface area contributed by atoms with Crippen LogP contribution in [-0.2, 0) is 11.3 Å².